The zero-order valence-corrected chi connectivity index (χ0v) is 16.0. The Morgan fingerprint density at radius 2 is 1.85 bits per heavy atom. The molecule has 1 amide bonds. The molecule has 0 aliphatic rings. The Balaban J connectivity index is 1.84. The Kier molecular flexibility index (Phi) is 5.05. The fourth-order valence-corrected chi connectivity index (χ4v) is 3.51. The number of carbonyl (C=O) groups is 1. The molecule has 138 valence electrons. The molecule has 0 saturated heterocycles. The van der Waals surface area contributed by atoms with Gasteiger partial charge in [-0.1, -0.05) is 68.5 Å². The predicted molar refractivity (Wildman–Crippen MR) is 107 cm³/mol. The molecule has 0 saturated carbocycles. The van der Waals surface area contributed by atoms with Crippen molar-refractivity contribution in [3.8, 4) is 10.4 Å². The summed E-state index contributed by atoms with van der Waals surface area (Å²) in [7, 11) is 0. The second-order valence-corrected chi connectivity index (χ2v) is 8.12. The van der Waals surface area contributed by atoms with E-state index in [0.29, 0.717) is 10.7 Å². The summed E-state index contributed by atoms with van der Waals surface area (Å²) in [5.41, 5.74) is 1.38. The lowest BCUT2D eigenvalue weighted by atomic mass is 9.85. The Morgan fingerprint density at radius 3 is 2.48 bits per heavy atom. The minimum Gasteiger partial charge on any atom is -0.298 e. The topological polar surface area (TPSA) is 85.1 Å². The zero-order valence-electron chi connectivity index (χ0n) is 15.2. The van der Waals surface area contributed by atoms with Crippen LogP contribution < -0.4 is 5.32 Å². The maximum absolute atomic E-state index is 12.5. The smallest absolute Gasteiger partial charge is 0.273 e. The van der Waals surface area contributed by atoms with Crippen LogP contribution in [-0.2, 0) is 5.41 Å². The van der Waals surface area contributed by atoms with Crippen molar-refractivity contribution in [1.82, 2.24) is 4.98 Å². The normalized spacial score (nSPS) is 11.2. The van der Waals surface area contributed by atoms with Crippen molar-refractivity contribution >= 4 is 28.1 Å². The molecule has 1 N–H and O–H groups in total. The summed E-state index contributed by atoms with van der Waals surface area (Å²) in [6, 6.07) is 14.3. The molecule has 1 aromatic heterocycles. The van der Waals surface area contributed by atoms with Gasteiger partial charge in [0.1, 0.15) is 0 Å². The van der Waals surface area contributed by atoms with Crippen molar-refractivity contribution < 1.29 is 9.72 Å². The number of carbonyl (C=O) groups excluding carboxylic acids is 1. The molecule has 6 nitrogen and oxygen atoms in total. The summed E-state index contributed by atoms with van der Waals surface area (Å²) in [6.07, 6.45) is 1.70. The molecule has 3 aromatic rings. The fraction of sp³-hybridized carbons (Fsp3) is 0.200. The minimum absolute atomic E-state index is 0.0562. The monoisotopic (exact) mass is 381 g/mol. The number of nitro benzene ring substituents is 1. The van der Waals surface area contributed by atoms with E-state index in [2.05, 4.69) is 10.3 Å². The Labute approximate surface area is 161 Å². The molecular weight excluding hydrogens is 362 g/mol. The number of nitro groups is 1. The highest BCUT2D eigenvalue weighted by Crippen LogP contribution is 2.33. The van der Waals surface area contributed by atoms with Gasteiger partial charge in [-0.15, -0.1) is 0 Å². The van der Waals surface area contributed by atoms with E-state index in [-0.39, 0.29) is 11.3 Å². The highest BCUT2D eigenvalue weighted by atomic mass is 32.1. The van der Waals surface area contributed by atoms with Gasteiger partial charge in [-0.2, -0.15) is 0 Å². The molecule has 0 aliphatic heterocycles. The van der Waals surface area contributed by atoms with Crippen molar-refractivity contribution in [3.63, 3.8) is 0 Å². The molecule has 3 rings (SSSR count). The molecule has 0 bridgehead atoms. The predicted octanol–water partition coefficient (Wildman–Crippen LogP) is 5.27. The number of hydrogen-bond donors (Lipinski definition) is 1. The summed E-state index contributed by atoms with van der Waals surface area (Å²) in [5.74, 6) is -0.424. The van der Waals surface area contributed by atoms with Gasteiger partial charge in [0.15, 0.2) is 5.13 Å². The number of aromatic nitrogens is 1. The van der Waals surface area contributed by atoms with Crippen LogP contribution in [0, 0.1) is 10.1 Å². The molecule has 27 heavy (non-hydrogen) atoms. The molecule has 0 atom stereocenters. The average molecular weight is 381 g/mol. The van der Waals surface area contributed by atoms with E-state index in [0.717, 1.165) is 10.4 Å². The van der Waals surface area contributed by atoms with E-state index < -0.39 is 16.2 Å². The van der Waals surface area contributed by atoms with Crippen molar-refractivity contribution in [2.24, 2.45) is 0 Å². The minimum atomic E-state index is -0.450. The first-order valence-corrected chi connectivity index (χ1v) is 9.19. The molecule has 0 fully saturated rings. The summed E-state index contributed by atoms with van der Waals surface area (Å²) in [4.78, 5) is 28.7. The van der Waals surface area contributed by atoms with Crippen LogP contribution in [-0.4, -0.2) is 15.8 Å². The molecule has 0 aliphatic carbocycles. The number of nitrogens with zero attached hydrogens (tertiary/aromatic N) is 2. The molecule has 0 unspecified atom stereocenters. The number of rotatable bonds is 4. The third-order valence-corrected chi connectivity index (χ3v) is 5.01. The first-order valence-electron chi connectivity index (χ1n) is 8.37. The lowest BCUT2D eigenvalue weighted by Gasteiger charge is -2.19. The zero-order chi connectivity index (χ0) is 19.6. The van der Waals surface area contributed by atoms with Crippen LogP contribution in [0.5, 0.6) is 0 Å². The molecule has 0 radical (unpaired) electrons. The summed E-state index contributed by atoms with van der Waals surface area (Å²) in [6.45, 7) is 5.70. The van der Waals surface area contributed by atoms with E-state index >= 15 is 0 Å². The second kappa shape index (κ2) is 7.28. The van der Waals surface area contributed by atoms with Gasteiger partial charge in [-0.05, 0) is 17.0 Å². The van der Waals surface area contributed by atoms with Crippen LogP contribution >= 0.6 is 11.3 Å². The summed E-state index contributed by atoms with van der Waals surface area (Å²) in [5, 5.41) is 14.6. The second-order valence-electron chi connectivity index (χ2n) is 7.09. The number of benzene rings is 2. The van der Waals surface area contributed by atoms with Crippen LogP contribution in [0.25, 0.3) is 10.4 Å². The summed E-state index contributed by atoms with van der Waals surface area (Å²) < 4.78 is 0. The van der Waals surface area contributed by atoms with E-state index in [1.807, 2.05) is 51.1 Å². The lowest BCUT2D eigenvalue weighted by molar-refractivity contribution is -0.386. The third kappa shape index (κ3) is 4.20. The van der Waals surface area contributed by atoms with Gasteiger partial charge in [0.25, 0.3) is 11.6 Å². The highest BCUT2D eigenvalue weighted by Gasteiger charge is 2.26. The Morgan fingerprint density at radius 1 is 1.15 bits per heavy atom. The van der Waals surface area contributed by atoms with Crippen LogP contribution in [0.4, 0.5) is 10.8 Å². The Bertz CT molecular complexity index is 991. The number of amides is 1. The fourth-order valence-electron chi connectivity index (χ4n) is 2.70. The van der Waals surface area contributed by atoms with Crippen LogP contribution in [0.3, 0.4) is 0 Å². The Hall–Kier alpha value is -3.06. The van der Waals surface area contributed by atoms with Gasteiger partial charge in [0.2, 0.25) is 0 Å². The van der Waals surface area contributed by atoms with E-state index in [9.17, 15) is 14.9 Å². The van der Waals surface area contributed by atoms with Crippen molar-refractivity contribution in [2.75, 3.05) is 5.32 Å². The van der Waals surface area contributed by atoms with Gasteiger partial charge >= 0.3 is 0 Å². The lowest BCUT2D eigenvalue weighted by Crippen LogP contribution is -2.16. The molecule has 2 aromatic carbocycles. The number of nitrogens with one attached hydrogen (secondary N) is 1. The van der Waals surface area contributed by atoms with E-state index in [4.69, 9.17) is 0 Å². The highest BCUT2D eigenvalue weighted by molar-refractivity contribution is 7.19. The van der Waals surface area contributed by atoms with Crippen molar-refractivity contribution in [1.29, 1.82) is 0 Å². The standard InChI is InChI=1S/C20H19N3O3S/c1-20(2,3)15-10-9-14(11-16(15)23(25)26)18(24)22-19-21-12-17(27-19)13-7-5-4-6-8-13/h4-12H,1-3H3,(H,21,22,24). The molecule has 1 heterocycles. The third-order valence-electron chi connectivity index (χ3n) is 4.05. The van der Waals surface area contributed by atoms with Crippen molar-refractivity contribution in [3.05, 3.63) is 76.0 Å². The SMILES string of the molecule is CC(C)(C)c1ccc(C(=O)Nc2ncc(-c3ccccc3)s2)cc1[N+](=O)[O-]. The molecule has 7 heteroatoms. The van der Waals surface area contributed by atoms with Gasteiger partial charge in [0, 0.05) is 23.4 Å². The van der Waals surface area contributed by atoms with E-state index in [1.54, 1.807) is 18.3 Å². The van der Waals surface area contributed by atoms with Gasteiger partial charge in [0.05, 0.1) is 9.80 Å². The van der Waals surface area contributed by atoms with Gasteiger partial charge in [-0.3, -0.25) is 20.2 Å². The molecule has 0 spiro atoms. The van der Waals surface area contributed by atoms with E-state index in [1.165, 1.54) is 17.4 Å². The van der Waals surface area contributed by atoms with Crippen LogP contribution in [0.15, 0.2) is 54.7 Å². The quantitative estimate of drug-likeness (QED) is 0.493. The number of thiazole rings is 1. The first kappa shape index (κ1) is 18.7. The maximum atomic E-state index is 12.5. The first-order chi connectivity index (χ1) is 12.8. The van der Waals surface area contributed by atoms with Gasteiger partial charge in [-0.25, -0.2) is 4.98 Å². The summed E-state index contributed by atoms with van der Waals surface area (Å²) >= 11 is 1.35. The van der Waals surface area contributed by atoms with Crippen LogP contribution in [0.2, 0.25) is 0 Å². The molecular formula is C20H19N3O3S. The van der Waals surface area contributed by atoms with Crippen LogP contribution in [0.1, 0.15) is 36.7 Å². The maximum Gasteiger partial charge on any atom is 0.273 e. The average Bonchev–Trinajstić information content (AvgIpc) is 3.09. The number of anilines is 1. The van der Waals surface area contributed by atoms with Gasteiger partial charge < -0.3 is 0 Å². The van der Waals surface area contributed by atoms with Crippen molar-refractivity contribution in [2.45, 2.75) is 26.2 Å². The number of hydrogen-bond acceptors (Lipinski definition) is 5. The largest absolute Gasteiger partial charge is 0.298 e.